The molecular weight excluding hydrogens is 328 g/mol. The maximum Gasteiger partial charge on any atom is 0.265 e. The minimum atomic E-state index is -0.795. The predicted octanol–water partition coefficient (Wildman–Crippen LogP) is -0.396. The lowest BCUT2D eigenvalue weighted by Gasteiger charge is -2.27. The van der Waals surface area contributed by atoms with Crippen LogP contribution in [0.3, 0.4) is 0 Å². The van der Waals surface area contributed by atoms with Gasteiger partial charge < -0.3 is 10.2 Å². The molecule has 136 valence electrons. The third kappa shape index (κ3) is 4.56. The zero-order valence-corrected chi connectivity index (χ0v) is 13.9. The summed E-state index contributed by atoms with van der Waals surface area (Å²) >= 11 is 0. The van der Waals surface area contributed by atoms with Crippen LogP contribution in [0.1, 0.15) is 29.6 Å². The zero-order chi connectivity index (χ0) is 17.7. The second-order valence-corrected chi connectivity index (χ2v) is 5.78. The molecule has 2 aliphatic carbocycles. The number of nitrogens with one attached hydrogen (secondary N) is 1. The Morgan fingerprint density at radius 2 is 1.68 bits per heavy atom. The number of fused-ring (bicyclic) bond motifs is 1. The van der Waals surface area contributed by atoms with Gasteiger partial charge in [0.25, 0.3) is 11.7 Å². The highest BCUT2D eigenvalue weighted by Gasteiger charge is 2.50. The van der Waals surface area contributed by atoms with Gasteiger partial charge in [-0.3, -0.25) is 24.6 Å². The largest absolute Gasteiger partial charge is 0.412 e. The molecule has 0 saturated heterocycles. The highest BCUT2D eigenvalue weighted by atomic mass is 16.5. The molecule has 8 nitrogen and oxygen atoms in total. The van der Waals surface area contributed by atoms with Crippen molar-refractivity contribution in [3.63, 3.8) is 0 Å². The zero-order valence-electron chi connectivity index (χ0n) is 13.9. The molecule has 0 spiro atoms. The number of nitrogen functional groups attached to an aromatic ring is 1. The van der Waals surface area contributed by atoms with E-state index in [-0.39, 0.29) is 23.4 Å². The van der Waals surface area contributed by atoms with Gasteiger partial charge in [-0.2, -0.15) is 0 Å². The number of benzene rings is 1. The summed E-state index contributed by atoms with van der Waals surface area (Å²) in [6, 6.07) is 8.80. The Morgan fingerprint density at radius 1 is 1.08 bits per heavy atom. The monoisotopic (exact) mass is 350 g/mol. The van der Waals surface area contributed by atoms with E-state index >= 15 is 0 Å². The van der Waals surface area contributed by atoms with Crippen LogP contribution < -0.4 is 11.3 Å². The quantitative estimate of drug-likeness (QED) is 0.321. The van der Waals surface area contributed by atoms with Gasteiger partial charge in [-0.25, -0.2) is 5.84 Å². The minimum absolute atomic E-state index is 0. The van der Waals surface area contributed by atoms with Gasteiger partial charge in [0, 0.05) is 24.5 Å². The van der Waals surface area contributed by atoms with E-state index < -0.39 is 23.3 Å². The third-order valence-electron chi connectivity index (χ3n) is 4.42. The summed E-state index contributed by atoms with van der Waals surface area (Å²) in [7, 11) is 1.59. The summed E-state index contributed by atoms with van der Waals surface area (Å²) in [6.07, 6.45) is 1.93. The van der Waals surface area contributed by atoms with Crippen molar-refractivity contribution in [1.82, 2.24) is 5.43 Å². The van der Waals surface area contributed by atoms with Crippen molar-refractivity contribution in [2.75, 3.05) is 7.11 Å². The number of hydrazine groups is 1. The number of carbonyl (C=O) groups is 4. The molecule has 0 radical (unpaired) electrons. The maximum absolute atomic E-state index is 11.4. The molecule has 0 bridgehead atoms. The molecule has 2 aliphatic rings. The van der Waals surface area contributed by atoms with E-state index in [0.717, 1.165) is 6.42 Å². The van der Waals surface area contributed by atoms with Gasteiger partial charge in [0.2, 0.25) is 11.6 Å². The topological polar surface area (TPSA) is 147 Å². The van der Waals surface area contributed by atoms with E-state index in [2.05, 4.69) is 0 Å². The molecular formula is C17H22N2O6. The number of hydrogen-bond acceptors (Lipinski definition) is 6. The van der Waals surface area contributed by atoms with Crippen LogP contribution in [0.25, 0.3) is 0 Å². The van der Waals surface area contributed by atoms with E-state index in [9.17, 15) is 19.2 Å². The van der Waals surface area contributed by atoms with Crippen molar-refractivity contribution in [3.8, 4) is 0 Å². The summed E-state index contributed by atoms with van der Waals surface area (Å²) < 4.78 is 5.14. The van der Waals surface area contributed by atoms with E-state index in [0.29, 0.717) is 18.4 Å². The van der Waals surface area contributed by atoms with E-state index in [4.69, 9.17) is 10.6 Å². The van der Waals surface area contributed by atoms with Crippen molar-refractivity contribution in [2.24, 2.45) is 17.7 Å². The number of methoxy groups -OCH3 is 1. The lowest BCUT2D eigenvalue weighted by molar-refractivity contribution is -0.141. The first kappa shape index (κ1) is 20.6. The Balaban J connectivity index is 0.000000254. The molecule has 3 rings (SSSR count). The van der Waals surface area contributed by atoms with Crippen LogP contribution in [0, 0.1) is 11.8 Å². The van der Waals surface area contributed by atoms with Gasteiger partial charge in [0.15, 0.2) is 0 Å². The van der Waals surface area contributed by atoms with Crippen LogP contribution >= 0.6 is 0 Å². The molecule has 1 aromatic carbocycles. The van der Waals surface area contributed by atoms with Gasteiger partial charge in [-0.05, 0) is 31.4 Å². The van der Waals surface area contributed by atoms with Gasteiger partial charge in [0.05, 0.1) is 6.10 Å². The SMILES string of the molecule is COC1CCC2C(=O)C(=O)C(=O)C2C1.NNC(=O)c1ccccc1.O. The van der Waals surface area contributed by atoms with E-state index in [1.807, 2.05) is 11.5 Å². The Morgan fingerprint density at radius 3 is 2.24 bits per heavy atom. The highest BCUT2D eigenvalue weighted by molar-refractivity contribution is 6.68. The van der Waals surface area contributed by atoms with Crippen LogP contribution in [0.15, 0.2) is 30.3 Å². The molecule has 3 unspecified atom stereocenters. The lowest BCUT2D eigenvalue weighted by atomic mass is 9.79. The van der Waals surface area contributed by atoms with Gasteiger partial charge in [0.1, 0.15) is 0 Å². The van der Waals surface area contributed by atoms with Crippen LogP contribution in [-0.2, 0) is 19.1 Å². The van der Waals surface area contributed by atoms with Crippen LogP contribution in [0.2, 0.25) is 0 Å². The molecule has 1 amide bonds. The van der Waals surface area contributed by atoms with E-state index in [1.54, 1.807) is 31.4 Å². The first-order valence-corrected chi connectivity index (χ1v) is 7.70. The molecule has 25 heavy (non-hydrogen) atoms. The Kier molecular flexibility index (Phi) is 7.56. The molecule has 2 fully saturated rings. The number of ether oxygens (including phenoxy) is 1. The van der Waals surface area contributed by atoms with Crippen molar-refractivity contribution in [2.45, 2.75) is 25.4 Å². The fraction of sp³-hybridized carbons (Fsp3) is 0.412. The molecule has 0 aliphatic heterocycles. The number of rotatable bonds is 2. The van der Waals surface area contributed by atoms with Crippen molar-refractivity contribution in [3.05, 3.63) is 35.9 Å². The first-order valence-electron chi connectivity index (χ1n) is 7.70. The smallest absolute Gasteiger partial charge is 0.265 e. The minimum Gasteiger partial charge on any atom is -0.412 e. The molecule has 5 N–H and O–H groups in total. The summed E-state index contributed by atoms with van der Waals surface area (Å²) in [5.74, 6) is 2.13. The standard InChI is InChI=1S/C10H12O4.C7H8N2O.H2O/c1-14-5-2-3-6-7(4-5)9(12)10(13)8(6)11;8-9-7(10)6-4-2-1-3-5-6;/h5-7H,2-4H2,1H3;1-5H,8H2,(H,9,10);1H2. The summed E-state index contributed by atoms with van der Waals surface area (Å²) in [5.41, 5.74) is 2.62. The second kappa shape index (κ2) is 9.16. The van der Waals surface area contributed by atoms with Crippen molar-refractivity contribution < 1.29 is 29.4 Å². The fourth-order valence-corrected chi connectivity index (χ4v) is 3.08. The van der Waals surface area contributed by atoms with Crippen molar-refractivity contribution >= 4 is 23.3 Å². The van der Waals surface area contributed by atoms with Crippen LogP contribution in [0.4, 0.5) is 0 Å². The Bertz CT molecular complexity index is 646. The third-order valence-corrected chi connectivity index (χ3v) is 4.42. The summed E-state index contributed by atoms with van der Waals surface area (Å²) in [4.78, 5) is 44.6. The molecule has 2 saturated carbocycles. The number of nitrogens with two attached hydrogens (primary N) is 1. The van der Waals surface area contributed by atoms with Gasteiger partial charge in [-0.1, -0.05) is 18.2 Å². The Labute approximate surface area is 145 Å². The number of Topliss-reactive ketones (excluding diaryl/α,β-unsaturated/α-hetero) is 3. The Hall–Kier alpha value is -2.42. The average molecular weight is 350 g/mol. The molecule has 0 heterocycles. The summed E-state index contributed by atoms with van der Waals surface area (Å²) in [6.45, 7) is 0. The average Bonchev–Trinajstić information content (AvgIpc) is 2.86. The fourth-order valence-electron chi connectivity index (χ4n) is 3.08. The molecule has 8 heteroatoms. The van der Waals surface area contributed by atoms with Crippen LogP contribution in [0.5, 0.6) is 0 Å². The molecule has 1 aromatic rings. The number of carbonyl (C=O) groups excluding carboxylic acids is 4. The molecule has 0 aromatic heterocycles. The normalized spacial score (nSPS) is 24.6. The van der Waals surface area contributed by atoms with Crippen molar-refractivity contribution in [1.29, 1.82) is 0 Å². The number of ketones is 3. The highest BCUT2D eigenvalue weighted by Crippen LogP contribution is 2.37. The molecule has 3 atom stereocenters. The maximum atomic E-state index is 11.4. The second-order valence-electron chi connectivity index (χ2n) is 5.78. The van der Waals surface area contributed by atoms with E-state index in [1.165, 1.54) is 0 Å². The van der Waals surface area contributed by atoms with Crippen LogP contribution in [-0.4, -0.2) is 41.9 Å². The lowest BCUT2D eigenvalue weighted by Crippen LogP contribution is -2.30. The first-order chi connectivity index (χ1) is 11.5. The van der Waals surface area contributed by atoms with Gasteiger partial charge in [-0.15, -0.1) is 0 Å². The summed E-state index contributed by atoms with van der Waals surface area (Å²) in [5, 5.41) is 0. The van der Waals surface area contributed by atoms with Gasteiger partial charge >= 0.3 is 0 Å². The number of amides is 1. The number of hydrogen-bond donors (Lipinski definition) is 2. The predicted molar refractivity (Wildman–Crippen MR) is 88.4 cm³/mol.